The molecule has 2 N–H and O–H groups in total. The smallest absolute Gasteiger partial charge is 0.236 e. The van der Waals surface area contributed by atoms with Gasteiger partial charge in [-0.05, 0) is 19.0 Å². The van der Waals surface area contributed by atoms with Gasteiger partial charge in [-0.1, -0.05) is 30.3 Å². The molecule has 0 aromatic heterocycles. The quantitative estimate of drug-likeness (QED) is 0.915. The van der Waals surface area contributed by atoms with E-state index in [1.54, 1.807) is 0 Å². The topological polar surface area (TPSA) is 49.6 Å². The Hall–Kier alpha value is -0.810. The molecule has 0 unspecified atom stereocenters. The van der Waals surface area contributed by atoms with Crippen LogP contribution in [0.5, 0.6) is 0 Å². The fraction of sp³-hybridized carbons (Fsp3) is 0.500. The van der Waals surface area contributed by atoms with E-state index in [4.69, 9.17) is 5.73 Å². The van der Waals surface area contributed by atoms with Crippen LogP contribution < -0.4 is 5.73 Å². The van der Waals surface area contributed by atoms with E-state index < -0.39 is 0 Å². The molecular weight excluding hydrogens is 297 g/mol. The average Bonchev–Trinajstić information content (AvgIpc) is 2.77. The first-order valence-corrected chi connectivity index (χ1v) is 6.41. The monoisotopic (exact) mass is 319 g/mol. The number of amides is 1. The zero-order chi connectivity index (χ0) is 13.0. The summed E-state index contributed by atoms with van der Waals surface area (Å²) in [5.74, 6) is 0.182. The Bertz CT molecular complexity index is 403. The number of likely N-dealkylation sites (N-methyl/N-ethyl adjacent to an activating group) is 1. The first-order valence-electron chi connectivity index (χ1n) is 6.41. The lowest BCUT2D eigenvalue weighted by atomic mass is 10.2. The first-order chi connectivity index (χ1) is 8.65. The summed E-state index contributed by atoms with van der Waals surface area (Å²) in [5, 5.41) is 0. The van der Waals surface area contributed by atoms with Gasteiger partial charge in [0.15, 0.2) is 0 Å². The van der Waals surface area contributed by atoms with E-state index in [9.17, 15) is 4.79 Å². The average molecular weight is 320 g/mol. The summed E-state index contributed by atoms with van der Waals surface area (Å²) in [7, 11) is 1.97. The lowest BCUT2D eigenvalue weighted by Crippen LogP contribution is -2.38. The molecule has 1 aliphatic heterocycles. The third-order valence-electron chi connectivity index (χ3n) is 3.28. The molecule has 1 heterocycles. The molecule has 1 amide bonds. The minimum absolute atomic E-state index is 0. The molecule has 1 fully saturated rings. The molecule has 1 aromatic rings. The first kappa shape index (κ1) is 19.2. The van der Waals surface area contributed by atoms with Crippen LogP contribution in [0.1, 0.15) is 12.0 Å². The second-order valence-electron chi connectivity index (χ2n) is 5.05. The minimum Gasteiger partial charge on any atom is -0.340 e. The van der Waals surface area contributed by atoms with Crippen molar-refractivity contribution in [2.75, 3.05) is 26.7 Å². The van der Waals surface area contributed by atoms with Crippen molar-refractivity contribution in [3.05, 3.63) is 35.9 Å². The standard InChI is InChI=1S/C14H21N3O.2ClH/c1-16(9-12-5-3-2-4-6-12)11-14(18)17-8-7-13(15)10-17;;/h2-6,13H,7-11,15H2,1H3;2*1H/t13-;;/m1../s1. The van der Waals surface area contributed by atoms with Gasteiger partial charge in [-0.25, -0.2) is 0 Å². The molecule has 1 saturated heterocycles. The van der Waals surface area contributed by atoms with Crippen molar-refractivity contribution < 1.29 is 4.79 Å². The highest BCUT2D eigenvalue weighted by Gasteiger charge is 2.23. The number of nitrogens with zero attached hydrogens (tertiary/aromatic N) is 2. The van der Waals surface area contributed by atoms with E-state index in [2.05, 4.69) is 12.1 Å². The molecule has 4 nitrogen and oxygen atoms in total. The van der Waals surface area contributed by atoms with E-state index in [1.807, 2.05) is 35.0 Å². The maximum Gasteiger partial charge on any atom is 0.236 e. The molecule has 1 aromatic carbocycles. The minimum atomic E-state index is 0. The Morgan fingerprint density at radius 1 is 1.35 bits per heavy atom. The molecule has 0 bridgehead atoms. The molecule has 2 rings (SSSR count). The Morgan fingerprint density at radius 3 is 2.55 bits per heavy atom. The Kier molecular flexibility index (Phi) is 8.81. The van der Waals surface area contributed by atoms with E-state index in [-0.39, 0.29) is 36.8 Å². The summed E-state index contributed by atoms with van der Waals surface area (Å²) < 4.78 is 0. The van der Waals surface area contributed by atoms with Crippen LogP contribution in [0.2, 0.25) is 0 Å². The fourth-order valence-electron chi connectivity index (χ4n) is 2.30. The number of hydrogen-bond acceptors (Lipinski definition) is 3. The molecule has 20 heavy (non-hydrogen) atoms. The highest BCUT2D eigenvalue weighted by atomic mass is 35.5. The van der Waals surface area contributed by atoms with Crippen molar-refractivity contribution in [3.8, 4) is 0 Å². The Balaban J connectivity index is 0.00000180. The van der Waals surface area contributed by atoms with Gasteiger partial charge in [-0.15, -0.1) is 24.8 Å². The zero-order valence-corrected chi connectivity index (χ0v) is 13.3. The maximum atomic E-state index is 12.0. The molecule has 0 spiro atoms. The predicted molar refractivity (Wildman–Crippen MR) is 86.4 cm³/mol. The molecule has 6 heteroatoms. The van der Waals surface area contributed by atoms with Crippen LogP contribution in [0.4, 0.5) is 0 Å². The number of benzene rings is 1. The van der Waals surface area contributed by atoms with Crippen LogP contribution in [0, 0.1) is 0 Å². The number of carbonyl (C=O) groups excluding carboxylic acids is 1. The lowest BCUT2D eigenvalue weighted by Gasteiger charge is -2.21. The summed E-state index contributed by atoms with van der Waals surface area (Å²) in [6, 6.07) is 10.3. The van der Waals surface area contributed by atoms with E-state index in [1.165, 1.54) is 5.56 Å². The zero-order valence-electron chi connectivity index (χ0n) is 11.7. The van der Waals surface area contributed by atoms with Crippen LogP contribution in [-0.4, -0.2) is 48.4 Å². The summed E-state index contributed by atoms with van der Waals surface area (Å²) in [6.07, 6.45) is 0.925. The largest absolute Gasteiger partial charge is 0.340 e. The number of halogens is 2. The molecular formula is C14H23Cl2N3O. The summed E-state index contributed by atoms with van der Waals surface area (Å²) in [6.45, 7) is 2.77. The Morgan fingerprint density at radius 2 is 2.00 bits per heavy atom. The SMILES string of the molecule is CN(CC(=O)N1CC[C@@H](N)C1)Cc1ccccc1.Cl.Cl. The second-order valence-corrected chi connectivity index (χ2v) is 5.05. The van der Waals surface area contributed by atoms with Crippen molar-refractivity contribution in [2.45, 2.75) is 19.0 Å². The van der Waals surface area contributed by atoms with Gasteiger partial charge in [-0.2, -0.15) is 0 Å². The van der Waals surface area contributed by atoms with Crippen molar-refractivity contribution in [1.82, 2.24) is 9.80 Å². The molecule has 1 aliphatic rings. The van der Waals surface area contributed by atoms with Crippen LogP contribution in [0.15, 0.2) is 30.3 Å². The van der Waals surface area contributed by atoms with Gasteiger partial charge < -0.3 is 10.6 Å². The normalized spacial score (nSPS) is 17.6. The number of nitrogens with two attached hydrogens (primary N) is 1. The van der Waals surface area contributed by atoms with Gasteiger partial charge >= 0.3 is 0 Å². The van der Waals surface area contributed by atoms with Crippen LogP contribution >= 0.6 is 24.8 Å². The van der Waals surface area contributed by atoms with Crippen LogP contribution in [0.25, 0.3) is 0 Å². The fourth-order valence-corrected chi connectivity index (χ4v) is 2.30. The lowest BCUT2D eigenvalue weighted by molar-refractivity contribution is -0.131. The molecule has 1 atom stereocenters. The molecule has 0 radical (unpaired) electrons. The highest BCUT2D eigenvalue weighted by molar-refractivity contribution is 5.85. The van der Waals surface area contributed by atoms with Crippen molar-refractivity contribution in [2.24, 2.45) is 5.73 Å². The highest BCUT2D eigenvalue weighted by Crippen LogP contribution is 2.08. The second kappa shape index (κ2) is 9.19. The third-order valence-corrected chi connectivity index (χ3v) is 3.28. The van der Waals surface area contributed by atoms with Gasteiger partial charge in [0.2, 0.25) is 5.91 Å². The summed E-state index contributed by atoms with van der Waals surface area (Å²) >= 11 is 0. The van der Waals surface area contributed by atoms with E-state index >= 15 is 0 Å². The predicted octanol–water partition coefficient (Wildman–Crippen LogP) is 1.52. The van der Waals surface area contributed by atoms with Crippen molar-refractivity contribution in [1.29, 1.82) is 0 Å². The number of rotatable bonds is 4. The van der Waals surface area contributed by atoms with E-state index in [0.29, 0.717) is 13.1 Å². The molecule has 0 saturated carbocycles. The summed E-state index contributed by atoms with van der Waals surface area (Å²) in [4.78, 5) is 15.9. The van der Waals surface area contributed by atoms with Gasteiger partial charge in [0.25, 0.3) is 0 Å². The number of likely N-dealkylation sites (tertiary alicyclic amines) is 1. The van der Waals surface area contributed by atoms with Crippen molar-refractivity contribution >= 4 is 30.7 Å². The van der Waals surface area contributed by atoms with Crippen LogP contribution in [0.3, 0.4) is 0 Å². The number of carbonyl (C=O) groups is 1. The van der Waals surface area contributed by atoms with Gasteiger partial charge in [0.1, 0.15) is 0 Å². The summed E-state index contributed by atoms with van der Waals surface area (Å²) in [5.41, 5.74) is 7.04. The van der Waals surface area contributed by atoms with Gasteiger partial charge in [-0.3, -0.25) is 9.69 Å². The van der Waals surface area contributed by atoms with Crippen LogP contribution in [-0.2, 0) is 11.3 Å². The Labute approximate surface area is 133 Å². The van der Waals surface area contributed by atoms with Gasteiger partial charge in [0.05, 0.1) is 6.54 Å². The van der Waals surface area contributed by atoms with Gasteiger partial charge in [0, 0.05) is 25.7 Å². The number of hydrogen-bond donors (Lipinski definition) is 1. The van der Waals surface area contributed by atoms with E-state index in [0.717, 1.165) is 19.5 Å². The maximum absolute atomic E-state index is 12.0. The molecule has 114 valence electrons. The third kappa shape index (κ3) is 5.67. The molecule has 0 aliphatic carbocycles. The van der Waals surface area contributed by atoms with Crippen molar-refractivity contribution in [3.63, 3.8) is 0 Å².